The zero-order chi connectivity index (χ0) is 9.40. The molecule has 0 radical (unpaired) electrons. The van der Waals surface area contributed by atoms with Crippen LogP contribution >= 0.6 is 0 Å². The van der Waals surface area contributed by atoms with Crippen LogP contribution in [0.15, 0.2) is 0 Å². The molecule has 74 valence electrons. The van der Waals surface area contributed by atoms with Crippen LogP contribution in [-0.4, -0.2) is 37.2 Å². The minimum Gasteiger partial charge on any atom is -0.376 e. The molecule has 0 aromatic heterocycles. The van der Waals surface area contributed by atoms with Crippen molar-refractivity contribution in [2.45, 2.75) is 40.2 Å². The third-order valence-electron chi connectivity index (χ3n) is 2.13. The fraction of sp³-hybridized carbons (Fsp3) is 1.00. The van der Waals surface area contributed by atoms with Crippen LogP contribution in [0.1, 0.15) is 34.1 Å². The zero-order valence-electron chi connectivity index (χ0n) is 8.97. The van der Waals surface area contributed by atoms with Crippen LogP contribution in [0.4, 0.5) is 0 Å². The van der Waals surface area contributed by atoms with Gasteiger partial charge in [-0.25, -0.2) is 0 Å². The Balaban J connectivity index is 0.000000561. The van der Waals surface area contributed by atoms with E-state index in [1.165, 1.54) is 6.54 Å². The minimum absolute atomic E-state index is 0.494. The fourth-order valence-electron chi connectivity index (χ4n) is 1.31. The van der Waals surface area contributed by atoms with Gasteiger partial charge in [0.25, 0.3) is 0 Å². The van der Waals surface area contributed by atoms with Crippen molar-refractivity contribution in [3.8, 4) is 0 Å². The zero-order valence-corrected chi connectivity index (χ0v) is 8.97. The van der Waals surface area contributed by atoms with Crippen molar-refractivity contribution < 1.29 is 4.74 Å². The molecule has 0 saturated carbocycles. The minimum atomic E-state index is 0.494. The van der Waals surface area contributed by atoms with E-state index in [0.717, 1.165) is 26.1 Å². The SMILES string of the molecule is CC.CCC1CN(CC)CCO1. The highest BCUT2D eigenvalue weighted by Gasteiger charge is 2.16. The summed E-state index contributed by atoms with van der Waals surface area (Å²) in [5, 5.41) is 0. The maximum absolute atomic E-state index is 5.52. The lowest BCUT2D eigenvalue weighted by molar-refractivity contribution is -0.0278. The van der Waals surface area contributed by atoms with Gasteiger partial charge in [-0.15, -0.1) is 0 Å². The molecule has 1 atom stereocenters. The van der Waals surface area contributed by atoms with E-state index in [1.807, 2.05) is 13.8 Å². The predicted octanol–water partition coefficient (Wildman–Crippen LogP) is 2.14. The Kier molecular flexibility index (Phi) is 7.51. The van der Waals surface area contributed by atoms with Crippen molar-refractivity contribution in [3.05, 3.63) is 0 Å². The Bertz CT molecular complexity index is 85.8. The van der Waals surface area contributed by atoms with Crippen LogP contribution in [-0.2, 0) is 4.74 Å². The molecule has 0 aliphatic carbocycles. The van der Waals surface area contributed by atoms with Crippen molar-refractivity contribution in [2.24, 2.45) is 0 Å². The number of morpholine rings is 1. The molecule has 1 heterocycles. The van der Waals surface area contributed by atoms with Gasteiger partial charge in [0.2, 0.25) is 0 Å². The third kappa shape index (κ3) is 4.07. The molecule has 1 rings (SSSR count). The maximum Gasteiger partial charge on any atom is 0.0700 e. The van der Waals surface area contributed by atoms with E-state index in [2.05, 4.69) is 18.7 Å². The first kappa shape index (κ1) is 11.9. The number of likely N-dealkylation sites (N-methyl/N-ethyl adjacent to an activating group) is 1. The van der Waals surface area contributed by atoms with Gasteiger partial charge < -0.3 is 4.74 Å². The van der Waals surface area contributed by atoms with Crippen LogP contribution in [0.2, 0.25) is 0 Å². The largest absolute Gasteiger partial charge is 0.376 e. The van der Waals surface area contributed by atoms with Crippen LogP contribution in [0.5, 0.6) is 0 Å². The second-order valence-corrected chi connectivity index (χ2v) is 2.79. The second kappa shape index (κ2) is 7.56. The number of hydrogen-bond donors (Lipinski definition) is 0. The molecular weight excluding hydrogens is 150 g/mol. The van der Waals surface area contributed by atoms with E-state index in [0.29, 0.717) is 6.10 Å². The number of ether oxygens (including phenoxy) is 1. The Morgan fingerprint density at radius 1 is 1.33 bits per heavy atom. The summed E-state index contributed by atoms with van der Waals surface area (Å²) in [6.07, 6.45) is 1.64. The van der Waals surface area contributed by atoms with E-state index in [-0.39, 0.29) is 0 Å². The Labute approximate surface area is 76.9 Å². The molecule has 1 aliphatic rings. The van der Waals surface area contributed by atoms with E-state index in [9.17, 15) is 0 Å². The van der Waals surface area contributed by atoms with E-state index >= 15 is 0 Å². The molecule has 1 fully saturated rings. The molecule has 1 unspecified atom stereocenters. The van der Waals surface area contributed by atoms with Gasteiger partial charge in [-0.3, -0.25) is 4.90 Å². The first-order valence-corrected chi connectivity index (χ1v) is 5.20. The van der Waals surface area contributed by atoms with Crippen LogP contribution in [0, 0.1) is 0 Å². The van der Waals surface area contributed by atoms with Crippen LogP contribution in [0.3, 0.4) is 0 Å². The summed E-state index contributed by atoms with van der Waals surface area (Å²) < 4.78 is 5.52. The quantitative estimate of drug-likeness (QED) is 0.634. The summed E-state index contributed by atoms with van der Waals surface area (Å²) in [6, 6.07) is 0. The third-order valence-corrected chi connectivity index (χ3v) is 2.13. The van der Waals surface area contributed by atoms with Gasteiger partial charge in [-0.05, 0) is 13.0 Å². The molecule has 0 N–H and O–H groups in total. The van der Waals surface area contributed by atoms with Gasteiger partial charge in [-0.2, -0.15) is 0 Å². The van der Waals surface area contributed by atoms with Gasteiger partial charge >= 0.3 is 0 Å². The van der Waals surface area contributed by atoms with E-state index < -0.39 is 0 Å². The van der Waals surface area contributed by atoms with Crippen LogP contribution < -0.4 is 0 Å². The molecular formula is C10H23NO. The normalized spacial score (nSPS) is 24.5. The van der Waals surface area contributed by atoms with E-state index in [4.69, 9.17) is 4.74 Å². The highest BCUT2D eigenvalue weighted by Crippen LogP contribution is 2.06. The van der Waals surface area contributed by atoms with Crippen LogP contribution in [0.25, 0.3) is 0 Å². The van der Waals surface area contributed by atoms with Gasteiger partial charge in [0, 0.05) is 13.1 Å². The standard InChI is InChI=1S/C8H17NO.C2H6/c1-3-8-7-9(4-2)5-6-10-8;1-2/h8H,3-7H2,1-2H3;1-2H3. The summed E-state index contributed by atoms with van der Waals surface area (Å²) in [5.41, 5.74) is 0. The molecule has 2 nitrogen and oxygen atoms in total. The number of hydrogen-bond acceptors (Lipinski definition) is 2. The van der Waals surface area contributed by atoms with Gasteiger partial charge in [0.1, 0.15) is 0 Å². The average Bonchev–Trinajstić information content (AvgIpc) is 2.21. The highest BCUT2D eigenvalue weighted by molar-refractivity contribution is 4.68. The lowest BCUT2D eigenvalue weighted by Gasteiger charge is -2.31. The Morgan fingerprint density at radius 3 is 2.50 bits per heavy atom. The van der Waals surface area contributed by atoms with Crippen molar-refractivity contribution in [3.63, 3.8) is 0 Å². The summed E-state index contributed by atoms with van der Waals surface area (Å²) in [7, 11) is 0. The Hall–Kier alpha value is -0.0800. The molecule has 1 saturated heterocycles. The van der Waals surface area contributed by atoms with Gasteiger partial charge in [0.15, 0.2) is 0 Å². The summed E-state index contributed by atoms with van der Waals surface area (Å²) in [4.78, 5) is 2.44. The molecule has 0 spiro atoms. The van der Waals surface area contributed by atoms with Crippen molar-refractivity contribution in [1.29, 1.82) is 0 Å². The van der Waals surface area contributed by atoms with Gasteiger partial charge in [0.05, 0.1) is 12.7 Å². The lowest BCUT2D eigenvalue weighted by Crippen LogP contribution is -2.41. The second-order valence-electron chi connectivity index (χ2n) is 2.79. The Morgan fingerprint density at radius 2 is 2.00 bits per heavy atom. The molecule has 0 aromatic rings. The highest BCUT2D eigenvalue weighted by atomic mass is 16.5. The summed E-state index contributed by atoms with van der Waals surface area (Å²) in [5.74, 6) is 0. The van der Waals surface area contributed by atoms with Crippen molar-refractivity contribution in [1.82, 2.24) is 4.90 Å². The lowest BCUT2D eigenvalue weighted by atomic mass is 10.2. The smallest absolute Gasteiger partial charge is 0.0700 e. The topological polar surface area (TPSA) is 12.5 Å². The molecule has 0 amide bonds. The molecule has 12 heavy (non-hydrogen) atoms. The molecule has 0 bridgehead atoms. The average molecular weight is 173 g/mol. The fourth-order valence-corrected chi connectivity index (χ4v) is 1.31. The van der Waals surface area contributed by atoms with Crippen molar-refractivity contribution in [2.75, 3.05) is 26.2 Å². The molecule has 1 aliphatic heterocycles. The van der Waals surface area contributed by atoms with Crippen molar-refractivity contribution >= 4 is 0 Å². The number of rotatable bonds is 2. The first-order valence-electron chi connectivity index (χ1n) is 5.20. The van der Waals surface area contributed by atoms with E-state index in [1.54, 1.807) is 0 Å². The first-order chi connectivity index (χ1) is 5.86. The number of nitrogens with zero attached hydrogens (tertiary/aromatic N) is 1. The predicted molar refractivity (Wildman–Crippen MR) is 53.5 cm³/mol. The monoisotopic (exact) mass is 173 g/mol. The molecule has 0 aromatic carbocycles. The van der Waals surface area contributed by atoms with Gasteiger partial charge in [-0.1, -0.05) is 27.7 Å². The summed E-state index contributed by atoms with van der Waals surface area (Å²) >= 11 is 0. The summed E-state index contributed by atoms with van der Waals surface area (Å²) in [6.45, 7) is 12.7. The maximum atomic E-state index is 5.52. The molecule has 2 heteroatoms.